The van der Waals surface area contributed by atoms with E-state index in [4.69, 9.17) is 0 Å². The SMILES string of the molecule is CCC1=CN(C2CCCCC2)C(=O)C(=O)C1=O. The maximum absolute atomic E-state index is 11.8. The van der Waals surface area contributed by atoms with Crippen molar-refractivity contribution in [2.24, 2.45) is 0 Å². The van der Waals surface area contributed by atoms with E-state index in [9.17, 15) is 14.4 Å². The molecule has 0 spiro atoms. The van der Waals surface area contributed by atoms with Gasteiger partial charge in [-0.05, 0) is 19.3 Å². The van der Waals surface area contributed by atoms with E-state index in [1.807, 2.05) is 6.92 Å². The molecular formula is C13H17NO3. The summed E-state index contributed by atoms with van der Waals surface area (Å²) in [7, 11) is 0. The van der Waals surface area contributed by atoms with Gasteiger partial charge in [-0.2, -0.15) is 0 Å². The van der Waals surface area contributed by atoms with Crippen LogP contribution in [0, 0.1) is 0 Å². The van der Waals surface area contributed by atoms with E-state index in [0.29, 0.717) is 12.0 Å². The Morgan fingerprint density at radius 3 is 2.35 bits per heavy atom. The van der Waals surface area contributed by atoms with Gasteiger partial charge in [-0.25, -0.2) is 0 Å². The van der Waals surface area contributed by atoms with Crippen LogP contribution in [0.15, 0.2) is 11.8 Å². The summed E-state index contributed by atoms with van der Waals surface area (Å²) in [6.45, 7) is 1.83. The molecule has 0 aromatic rings. The second-order valence-corrected chi connectivity index (χ2v) is 4.67. The molecule has 1 amide bonds. The van der Waals surface area contributed by atoms with Crippen LogP contribution in [0.2, 0.25) is 0 Å². The molecule has 0 aromatic carbocycles. The summed E-state index contributed by atoms with van der Waals surface area (Å²) < 4.78 is 0. The summed E-state index contributed by atoms with van der Waals surface area (Å²) in [6.07, 6.45) is 7.33. The lowest BCUT2D eigenvalue weighted by atomic mass is 9.92. The molecule has 0 bridgehead atoms. The first-order chi connectivity index (χ1) is 8.15. The molecule has 1 fully saturated rings. The predicted octanol–water partition coefficient (Wildman–Crippen LogP) is 1.59. The van der Waals surface area contributed by atoms with Gasteiger partial charge >= 0.3 is 5.91 Å². The number of hydrogen-bond donors (Lipinski definition) is 0. The van der Waals surface area contributed by atoms with Crippen molar-refractivity contribution in [3.63, 3.8) is 0 Å². The van der Waals surface area contributed by atoms with Crippen molar-refractivity contribution in [1.29, 1.82) is 0 Å². The van der Waals surface area contributed by atoms with Gasteiger partial charge in [0.2, 0.25) is 5.78 Å². The minimum atomic E-state index is -0.866. The molecule has 1 aliphatic heterocycles. The number of ketones is 2. The molecule has 2 rings (SSSR count). The second-order valence-electron chi connectivity index (χ2n) is 4.67. The lowest BCUT2D eigenvalue weighted by Gasteiger charge is -2.33. The Hall–Kier alpha value is -1.45. The van der Waals surface area contributed by atoms with Gasteiger partial charge in [-0.3, -0.25) is 14.4 Å². The third-order valence-electron chi connectivity index (χ3n) is 3.57. The number of hydrogen-bond acceptors (Lipinski definition) is 3. The first kappa shape index (κ1) is 12.0. The number of carbonyl (C=O) groups excluding carboxylic acids is 3. The van der Waals surface area contributed by atoms with Crippen LogP contribution in [-0.4, -0.2) is 28.4 Å². The van der Waals surface area contributed by atoms with Crippen molar-refractivity contribution in [2.45, 2.75) is 51.5 Å². The molecule has 1 aliphatic carbocycles. The zero-order valence-corrected chi connectivity index (χ0v) is 10.1. The predicted molar refractivity (Wildman–Crippen MR) is 62.1 cm³/mol. The van der Waals surface area contributed by atoms with Crippen molar-refractivity contribution >= 4 is 17.5 Å². The summed E-state index contributed by atoms with van der Waals surface area (Å²) in [5.41, 5.74) is 0.458. The molecule has 1 saturated carbocycles. The first-order valence-corrected chi connectivity index (χ1v) is 6.27. The van der Waals surface area contributed by atoms with E-state index in [-0.39, 0.29) is 6.04 Å². The van der Waals surface area contributed by atoms with E-state index >= 15 is 0 Å². The van der Waals surface area contributed by atoms with E-state index < -0.39 is 17.5 Å². The molecule has 4 nitrogen and oxygen atoms in total. The van der Waals surface area contributed by atoms with Gasteiger partial charge in [0.1, 0.15) is 0 Å². The Morgan fingerprint density at radius 2 is 1.76 bits per heavy atom. The van der Waals surface area contributed by atoms with Gasteiger partial charge in [0.15, 0.2) is 0 Å². The zero-order valence-electron chi connectivity index (χ0n) is 10.1. The number of Topliss-reactive ketones (excluding diaryl/α,β-unsaturated/α-hetero) is 2. The molecule has 4 heteroatoms. The molecule has 0 unspecified atom stereocenters. The minimum absolute atomic E-state index is 0.106. The summed E-state index contributed by atoms with van der Waals surface area (Å²) in [5.74, 6) is -2.13. The average Bonchev–Trinajstić information content (AvgIpc) is 2.37. The van der Waals surface area contributed by atoms with Gasteiger partial charge in [0.05, 0.1) is 0 Å². The van der Waals surface area contributed by atoms with Gasteiger partial charge in [0.25, 0.3) is 5.78 Å². The van der Waals surface area contributed by atoms with E-state index in [2.05, 4.69) is 0 Å². The van der Waals surface area contributed by atoms with Crippen LogP contribution in [0.25, 0.3) is 0 Å². The van der Waals surface area contributed by atoms with Gasteiger partial charge in [0, 0.05) is 17.8 Å². The van der Waals surface area contributed by atoms with Crippen LogP contribution in [0.5, 0.6) is 0 Å². The largest absolute Gasteiger partial charge is 0.309 e. The van der Waals surface area contributed by atoms with Crippen LogP contribution in [0.4, 0.5) is 0 Å². The number of nitrogens with zero attached hydrogens (tertiary/aromatic N) is 1. The fourth-order valence-corrected chi connectivity index (χ4v) is 2.53. The molecule has 0 aromatic heterocycles. The normalized spacial score (nSPS) is 23.0. The molecule has 2 aliphatic rings. The van der Waals surface area contributed by atoms with Gasteiger partial charge in [-0.1, -0.05) is 26.2 Å². The van der Waals surface area contributed by atoms with Crippen LogP contribution >= 0.6 is 0 Å². The average molecular weight is 235 g/mol. The molecule has 92 valence electrons. The van der Waals surface area contributed by atoms with E-state index in [0.717, 1.165) is 25.7 Å². The minimum Gasteiger partial charge on any atom is -0.309 e. The highest BCUT2D eigenvalue weighted by Crippen LogP contribution is 2.26. The van der Waals surface area contributed by atoms with E-state index in [1.165, 1.54) is 11.3 Å². The second kappa shape index (κ2) is 4.82. The van der Waals surface area contributed by atoms with Gasteiger partial charge < -0.3 is 4.90 Å². The third-order valence-corrected chi connectivity index (χ3v) is 3.57. The lowest BCUT2D eigenvalue weighted by molar-refractivity contribution is -0.149. The van der Waals surface area contributed by atoms with Crippen molar-refractivity contribution in [2.75, 3.05) is 0 Å². The fraction of sp³-hybridized carbons (Fsp3) is 0.615. The highest BCUT2D eigenvalue weighted by Gasteiger charge is 2.37. The highest BCUT2D eigenvalue weighted by atomic mass is 16.2. The van der Waals surface area contributed by atoms with Crippen LogP contribution < -0.4 is 0 Å². The smallest absolute Gasteiger partial charge is 0.302 e. The Morgan fingerprint density at radius 1 is 1.12 bits per heavy atom. The maximum Gasteiger partial charge on any atom is 0.302 e. The third kappa shape index (κ3) is 2.16. The summed E-state index contributed by atoms with van der Waals surface area (Å²) in [4.78, 5) is 36.4. The number of allylic oxidation sites excluding steroid dienone is 1. The monoisotopic (exact) mass is 235 g/mol. The topological polar surface area (TPSA) is 54.5 Å². The molecule has 0 saturated heterocycles. The van der Waals surface area contributed by atoms with Crippen molar-refractivity contribution < 1.29 is 14.4 Å². The Balaban J connectivity index is 2.25. The first-order valence-electron chi connectivity index (χ1n) is 6.27. The van der Waals surface area contributed by atoms with E-state index in [1.54, 1.807) is 6.20 Å². The number of carbonyl (C=O) groups is 3. The van der Waals surface area contributed by atoms with Crippen molar-refractivity contribution in [3.8, 4) is 0 Å². The van der Waals surface area contributed by atoms with Crippen molar-refractivity contribution in [1.82, 2.24) is 4.90 Å². The molecule has 17 heavy (non-hydrogen) atoms. The van der Waals surface area contributed by atoms with Gasteiger partial charge in [-0.15, -0.1) is 0 Å². The molecule has 1 heterocycles. The van der Waals surface area contributed by atoms with Crippen LogP contribution in [-0.2, 0) is 14.4 Å². The molecule has 0 radical (unpaired) electrons. The quantitative estimate of drug-likeness (QED) is 0.683. The highest BCUT2D eigenvalue weighted by molar-refractivity contribution is 6.67. The zero-order chi connectivity index (χ0) is 12.4. The summed E-state index contributed by atoms with van der Waals surface area (Å²) in [5, 5.41) is 0. The summed E-state index contributed by atoms with van der Waals surface area (Å²) in [6, 6.07) is 0.106. The maximum atomic E-state index is 11.8. The number of rotatable bonds is 2. The molecule has 0 atom stereocenters. The standard InChI is InChI=1S/C13H17NO3/c1-2-9-8-14(10-6-4-3-5-7-10)13(17)12(16)11(9)15/h8,10H,2-7H2,1H3. The fourth-order valence-electron chi connectivity index (χ4n) is 2.53. The number of amides is 1. The Bertz CT molecular complexity index is 391. The van der Waals surface area contributed by atoms with Crippen LogP contribution in [0.1, 0.15) is 45.4 Å². The lowest BCUT2D eigenvalue weighted by Crippen LogP contribution is -2.47. The summed E-state index contributed by atoms with van der Waals surface area (Å²) >= 11 is 0. The van der Waals surface area contributed by atoms with Crippen molar-refractivity contribution in [3.05, 3.63) is 11.8 Å². The Kier molecular flexibility index (Phi) is 3.41. The van der Waals surface area contributed by atoms with Crippen LogP contribution in [0.3, 0.4) is 0 Å². The molecule has 0 N–H and O–H groups in total. The molecular weight excluding hydrogens is 218 g/mol. The Labute approximate surface area is 101 Å².